The lowest BCUT2D eigenvalue weighted by atomic mass is 9.68. The van der Waals surface area contributed by atoms with Crippen LogP contribution in [-0.2, 0) is 9.59 Å². The molecule has 1 aliphatic carbocycles. The number of Topliss-reactive ketones (excluding diaryl/α,β-unsaturated/α-hetero) is 2. The maximum absolute atomic E-state index is 12.9. The van der Waals surface area contributed by atoms with Gasteiger partial charge in [-0.2, -0.15) is 0 Å². The minimum absolute atomic E-state index is 0.0297. The molecule has 0 amide bonds. The summed E-state index contributed by atoms with van der Waals surface area (Å²) >= 11 is 0. The van der Waals surface area contributed by atoms with Crippen molar-refractivity contribution < 1.29 is 9.59 Å². The van der Waals surface area contributed by atoms with E-state index in [0.29, 0.717) is 22.6 Å². The number of ketones is 2. The third kappa shape index (κ3) is 4.15. The molecule has 0 N–H and O–H groups in total. The van der Waals surface area contributed by atoms with E-state index in [4.69, 9.17) is 0 Å². The standard InChI is InChI=1S/C22H34O2/c1-9-14(3)13-15(4)11-12-22(8,10-2)19-18(7)20(23)16(5)17(6)21(19)24/h11,14H,9-10,12-13H2,1-8H3/b15-11+. The Morgan fingerprint density at radius 3 is 2.08 bits per heavy atom. The van der Waals surface area contributed by atoms with Crippen molar-refractivity contribution in [1.29, 1.82) is 0 Å². The van der Waals surface area contributed by atoms with Crippen LogP contribution in [0, 0.1) is 11.3 Å². The Morgan fingerprint density at radius 2 is 1.58 bits per heavy atom. The van der Waals surface area contributed by atoms with Gasteiger partial charge in [-0.15, -0.1) is 0 Å². The van der Waals surface area contributed by atoms with Gasteiger partial charge in [0.1, 0.15) is 0 Å². The van der Waals surface area contributed by atoms with Crippen molar-refractivity contribution in [2.24, 2.45) is 11.3 Å². The molecule has 2 unspecified atom stereocenters. The summed E-state index contributed by atoms with van der Waals surface area (Å²) in [5, 5.41) is 0. The SMILES string of the molecule is CCC(C)C/C(C)=C/CC(C)(CC)C1=C(C)C(=O)C(C)=C(C)C1=O. The molecule has 0 heterocycles. The first-order valence-corrected chi connectivity index (χ1v) is 9.22. The summed E-state index contributed by atoms with van der Waals surface area (Å²) in [6, 6.07) is 0. The lowest BCUT2D eigenvalue weighted by molar-refractivity contribution is -0.117. The third-order valence-corrected chi connectivity index (χ3v) is 5.84. The monoisotopic (exact) mass is 330 g/mol. The van der Waals surface area contributed by atoms with E-state index in [1.54, 1.807) is 13.8 Å². The summed E-state index contributed by atoms with van der Waals surface area (Å²) in [5.41, 5.74) is 3.67. The molecule has 0 saturated heterocycles. The molecule has 24 heavy (non-hydrogen) atoms. The van der Waals surface area contributed by atoms with Crippen LogP contribution in [0.4, 0.5) is 0 Å². The molecule has 0 saturated carbocycles. The second-order valence-corrected chi connectivity index (χ2v) is 7.79. The van der Waals surface area contributed by atoms with E-state index in [2.05, 4.69) is 40.7 Å². The van der Waals surface area contributed by atoms with E-state index in [9.17, 15) is 9.59 Å². The normalized spacial score (nSPS) is 20.6. The smallest absolute Gasteiger partial charge is 0.186 e. The van der Waals surface area contributed by atoms with Crippen molar-refractivity contribution in [2.75, 3.05) is 0 Å². The average Bonchev–Trinajstić information content (AvgIpc) is 2.56. The van der Waals surface area contributed by atoms with E-state index in [1.807, 2.05) is 6.92 Å². The predicted octanol–water partition coefficient (Wildman–Crippen LogP) is 5.98. The Balaban J connectivity index is 3.17. The molecular formula is C22H34O2. The Kier molecular flexibility index (Phi) is 6.95. The van der Waals surface area contributed by atoms with Crippen molar-refractivity contribution in [2.45, 2.75) is 81.1 Å². The summed E-state index contributed by atoms with van der Waals surface area (Å²) in [6.45, 7) is 16.2. The van der Waals surface area contributed by atoms with Crippen molar-refractivity contribution in [3.63, 3.8) is 0 Å². The van der Waals surface area contributed by atoms with Gasteiger partial charge in [0.25, 0.3) is 0 Å². The quantitative estimate of drug-likeness (QED) is 0.425. The van der Waals surface area contributed by atoms with Gasteiger partial charge in [0.15, 0.2) is 11.6 Å². The fourth-order valence-electron chi connectivity index (χ4n) is 3.42. The molecule has 0 aliphatic heterocycles. The predicted molar refractivity (Wildman–Crippen MR) is 102 cm³/mol. The summed E-state index contributed by atoms with van der Waals surface area (Å²) in [6.07, 6.45) is 6.20. The molecule has 0 fully saturated rings. The highest BCUT2D eigenvalue weighted by atomic mass is 16.1. The highest BCUT2D eigenvalue weighted by Crippen LogP contribution is 2.42. The molecule has 0 aromatic carbocycles. The van der Waals surface area contributed by atoms with Gasteiger partial charge in [-0.1, -0.05) is 45.8 Å². The zero-order chi connectivity index (χ0) is 18.7. The molecule has 2 nitrogen and oxygen atoms in total. The summed E-state index contributed by atoms with van der Waals surface area (Å²) in [7, 11) is 0. The van der Waals surface area contributed by atoms with Gasteiger partial charge in [0.05, 0.1) is 0 Å². The maximum Gasteiger partial charge on any atom is 0.186 e. The van der Waals surface area contributed by atoms with Crippen LogP contribution in [0.1, 0.15) is 81.1 Å². The van der Waals surface area contributed by atoms with Gasteiger partial charge >= 0.3 is 0 Å². The second kappa shape index (κ2) is 8.09. The van der Waals surface area contributed by atoms with E-state index < -0.39 is 0 Å². The van der Waals surface area contributed by atoms with Crippen LogP contribution in [0.15, 0.2) is 33.9 Å². The van der Waals surface area contributed by atoms with Gasteiger partial charge in [0, 0.05) is 22.3 Å². The Labute approximate surface area is 148 Å². The van der Waals surface area contributed by atoms with Crippen LogP contribution in [0.5, 0.6) is 0 Å². The summed E-state index contributed by atoms with van der Waals surface area (Å²) in [5.74, 6) is 0.768. The van der Waals surface area contributed by atoms with Gasteiger partial charge in [-0.05, 0) is 58.3 Å². The topological polar surface area (TPSA) is 34.1 Å². The number of allylic oxidation sites excluding steroid dienone is 6. The molecule has 1 aliphatic rings. The first kappa shape index (κ1) is 20.6. The largest absolute Gasteiger partial charge is 0.289 e. The number of carbonyl (C=O) groups excluding carboxylic acids is 2. The summed E-state index contributed by atoms with van der Waals surface area (Å²) < 4.78 is 0. The zero-order valence-corrected chi connectivity index (χ0v) is 16.8. The molecule has 2 heteroatoms. The first-order chi connectivity index (χ1) is 11.1. The van der Waals surface area contributed by atoms with Crippen molar-refractivity contribution >= 4 is 11.6 Å². The Bertz CT molecular complexity index is 616. The molecule has 1 rings (SSSR count). The van der Waals surface area contributed by atoms with E-state index >= 15 is 0 Å². The van der Waals surface area contributed by atoms with Gasteiger partial charge in [0.2, 0.25) is 0 Å². The van der Waals surface area contributed by atoms with Crippen LogP contribution >= 0.6 is 0 Å². The van der Waals surface area contributed by atoms with Crippen molar-refractivity contribution in [3.05, 3.63) is 33.9 Å². The summed E-state index contributed by atoms with van der Waals surface area (Å²) in [4.78, 5) is 25.4. The van der Waals surface area contributed by atoms with Crippen LogP contribution in [-0.4, -0.2) is 11.6 Å². The fraction of sp³-hybridized carbons (Fsp3) is 0.636. The fourth-order valence-corrected chi connectivity index (χ4v) is 3.42. The molecule has 134 valence electrons. The molecule has 0 bridgehead atoms. The van der Waals surface area contributed by atoms with E-state index in [1.165, 1.54) is 12.0 Å². The van der Waals surface area contributed by atoms with E-state index in [-0.39, 0.29) is 17.0 Å². The minimum atomic E-state index is -0.282. The molecule has 0 aromatic heterocycles. The van der Waals surface area contributed by atoms with E-state index in [0.717, 1.165) is 24.8 Å². The highest BCUT2D eigenvalue weighted by molar-refractivity contribution is 6.25. The Hall–Kier alpha value is -1.44. The molecule has 0 radical (unpaired) electrons. The van der Waals surface area contributed by atoms with Gasteiger partial charge in [-0.3, -0.25) is 9.59 Å². The zero-order valence-electron chi connectivity index (χ0n) is 16.8. The lowest BCUT2D eigenvalue weighted by Gasteiger charge is -2.34. The number of rotatable bonds is 7. The number of hydrogen-bond donors (Lipinski definition) is 0. The highest BCUT2D eigenvalue weighted by Gasteiger charge is 2.38. The average molecular weight is 331 g/mol. The number of carbonyl (C=O) groups is 2. The lowest BCUT2D eigenvalue weighted by Crippen LogP contribution is -2.31. The van der Waals surface area contributed by atoms with Crippen LogP contribution in [0.2, 0.25) is 0 Å². The van der Waals surface area contributed by atoms with Crippen LogP contribution < -0.4 is 0 Å². The minimum Gasteiger partial charge on any atom is -0.289 e. The molecule has 0 spiro atoms. The van der Waals surface area contributed by atoms with Crippen molar-refractivity contribution in [1.82, 2.24) is 0 Å². The van der Waals surface area contributed by atoms with Crippen molar-refractivity contribution in [3.8, 4) is 0 Å². The number of hydrogen-bond acceptors (Lipinski definition) is 2. The van der Waals surface area contributed by atoms with Gasteiger partial charge < -0.3 is 0 Å². The van der Waals surface area contributed by atoms with Gasteiger partial charge in [-0.25, -0.2) is 0 Å². The molecule has 2 atom stereocenters. The molecule has 0 aromatic rings. The first-order valence-electron chi connectivity index (χ1n) is 9.22. The Morgan fingerprint density at radius 1 is 1.04 bits per heavy atom. The second-order valence-electron chi connectivity index (χ2n) is 7.79. The van der Waals surface area contributed by atoms with Crippen LogP contribution in [0.3, 0.4) is 0 Å². The maximum atomic E-state index is 12.9. The van der Waals surface area contributed by atoms with Crippen LogP contribution in [0.25, 0.3) is 0 Å². The third-order valence-electron chi connectivity index (χ3n) is 5.84. The molecular weight excluding hydrogens is 296 g/mol.